The number of rotatable bonds is 6. The lowest BCUT2D eigenvalue weighted by Gasteiger charge is -2.21. The molecule has 0 saturated heterocycles. The highest BCUT2D eigenvalue weighted by atomic mass is 19.4. The Kier molecular flexibility index (Phi) is 5.86. The number of carbonyl (C=O) groups is 1. The summed E-state index contributed by atoms with van der Waals surface area (Å²) in [5, 5.41) is 0. The molecule has 0 aliphatic rings. The third-order valence-electron chi connectivity index (χ3n) is 3.39. The average molecular weight is 414 g/mol. The van der Waals surface area contributed by atoms with Crippen molar-refractivity contribution in [3.63, 3.8) is 0 Å². The minimum atomic E-state index is -5.94. The van der Waals surface area contributed by atoms with Crippen LogP contribution in [0.4, 0.5) is 35.1 Å². The van der Waals surface area contributed by atoms with E-state index in [2.05, 4.69) is 9.47 Å². The number of carbonyl (C=O) groups excluding carboxylic acids is 1. The molecule has 0 spiro atoms. The van der Waals surface area contributed by atoms with Gasteiger partial charge in [-0.1, -0.05) is 30.3 Å². The summed E-state index contributed by atoms with van der Waals surface area (Å²) in [5.74, 6) is -7.40. The predicted octanol–water partition coefficient (Wildman–Crippen LogP) is 5.64. The molecule has 0 aromatic heterocycles. The minimum Gasteiger partial charge on any atom is -0.483 e. The Labute approximate surface area is 152 Å². The van der Waals surface area contributed by atoms with Crippen LogP contribution in [-0.4, -0.2) is 31.4 Å². The van der Waals surface area contributed by atoms with Crippen LogP contribution in [0, 0.1) is 0 Å². The summed E-state index contributed by atoms with van der Waals surface area (Å²) in [6, 6.07) is 8.31. The van der Waals surface area contributed by atoms with Crippen molar-refractivity contribution in [1.82, 2.24) is 0 Å². The van der Waals surface area contributed by atoms with Crippen LogP contribution >= 0.6 is 0 Å². The van der Waals surface area contributed by atoms with Gasteiger partial charge in [0.2, 0.25) is 0 Å². The lowest BCUT2D eigenvalue weighted by Crippen LogP contribution is -2.41. The highest BCUT2D eigenvalue weighted by Crippen LogP contribution is 2.40. The van der Waals surface area contributed by atoms with Gasteiger partial charge >= 0.3 is 18.5 Å². The van der Waals surface area contributed by atoms with E-state index in [1.54, 1.807) is 0 Å². The minimum absolute atomic E-state index is 0.0249. The van der Waals surface area contributed by atoms with Crippen molar-refractivity contribution in [2.75, 3.05) is 6.61 Å². The van der Waals surface area contributed by atoms with E-state index in [1.165, 1.54) is 24.3 Å². The highest BCUT2D eigenvalue weighted by molar-refractivity contribution is 5.87. The van der Waals surface area contributed by atoms with Crippen LogP contribution in [0.2, 0.25) is 0 Å². The molecule has 3 nitrogen and oxygen atoms in total. The summed E-state index contributed by atoms with van der Waals surface area (Å²) < 4.78 is 108. The van der Waals surface area contributed by atoms with Crippen LogP contribution in [0.15, 0.2) is 42.5 Å². The number of hydrogen-bond donors (Lipinski definition) is 0. The Morgan fingerprint density at radius 2 is 1.50 bits per heavy atom. The van der Waals surface area contributed by atoms with Crippen LogP contribution in [0.1, 0.15) is 10.4 Å². The van der Waals surface area contributed by atoms with Crippen molar-refractivity contribution in [3.8, 4) is 22.6 Å². The quantitative estimate of drug-likeness (QED) is 0.453. The van der Waals surface area contributed by atoms with E-state index in [0.29, 0.717) is 6.29 Å². The molecular formula is C17H10F8O3. The fourth-order valence-corrected chi connectivity index (χ4v) is 2.11. The topological polar surface area (TPSA) is 35.5 Å². The van der Waals surface area contributed by atoms with E-state index in [-0.39, 0.29) is 16.7 Å². The smallest absolute Gasteiger partial charge is 0.483 e. The van der Waals surface area contributed by atoms with E-state index in [4.69, 9.17) is 0 Å². The van der Waals surface area contributed by atoms with Crippen molar-refractivity contribution in [1.29, 1.82) is 0 Å². The van der Waals surface area contributed by atoms with Gasteiger partial charge in [0, 0.05) is 5.56 Å². The third-order valence-corrected chi connectivity index (χ3v) is 3.39. The molecule has 2 aromatic rings. The maximum atomic E-state index is 13.0. The van der Waals surface area contributed by atoms with Crippen molar-refractivity contribution < 1.29 is 49.4 Å². The van der Waals surface area contributed by atoms with E-state index >= 15 is 0 Å². The second-order valence-electron chi connectivity index (χ2n) is 5.41. The molecule has 0 radical (unpaired) electrons. The summed E-state index contributed by atoms with van der Waals surface area (Å²) in [4.78, 5) is 11.1. The first-order chi connectivity index (χ1) is 12.8. The maximum absolute atomic E-state index is 13.0. The fraction of sp³-hybridized carbons (Fsp3) is 0.235. The summed E-state index contributed by atoms with van der Waals surface area (Å²) >= 11 is 0. The van der Waals surface area contributed by atoms with Gasteiger partial charge in [0.05, 0.1) is 0 Å². The lowest BCUT2D eigenvalue weighted by atomic mass is 10.00. The molecule has 2 aromatic carbocycles. The van der Waals surface area contributed by atoms with Gasteiger partial charge in [0.15, 0.2) is 24.4 Å². The number of alkyl halides is 8. The molecule has 28 heavy (non-hydrogen) atoms. The molecule has 152 valence electrons. The SMILES string of the molecule is O=Cc1ccccc1-c1ccc(OCC(F)(F)C(F)(F)F)c(OC(F)(F)F)c1. The molecule has 0 aliphatic carbocycles. The number of aldehydes is 1. The molecule has 0 amide bonds. The van der Waals surface area contributed by atoms with Crippen molar-refractivity contribution in [3.05, 3.63) is 48.0 Å². The Bertz CT molecular complexity index is 843. The average Bonchev–Trinajstić information content (AvgIpc) is 2.58. The number of halogens is 8. The van der Waals surface area contributed by atoms with Gasteiger partial charge in [-0.15, -0.1) is 13.2 Å². The molecule has 0 bridgehead atoms. The normalized spacial score (nSPS) is 12.6. The van der Waals surface area contributed by atoms with Gasteiger partial charge < -0.3 is 9.47 Å². The molecule has 0 atom stereocenters. The Morgan fingerprint density at radius 3 is 2.07 bits per heavy atom. The highest BCUT2D eigenvalue weighted by Gasteiger charge is 2.58. The van der Waals surface area contributed by atoms with Crippen LogP contribution < -0.4 is 9.47 Å². The number of ether oxygens (including phenoxy) is 2. The first-order valence-electron chi connectivity index (χ1n) is 7.36. The zero-order valence-corrected chi connectivity index (χ0v) is 13.6. The van der Waals surface area contributed by atoms with Crippen LogP contribution in [0.25, 0.3) is 11.1 Å². The Balaban J connectivity index is 2.42. The molecule has 0 heterocycles. The van der Waals surface area contributed by atoms with Gasteiger partial charge in [-0.3, -0.25) is 4.79 Å². The summed E-state index contributed by atoms with van der Waals surface area (Å²) in [7, 11) is 0. The van der Waals surface area contributed by atoms with Gasteiger partial charge in [-0.05, 0) is 23.3 Å². The van der Waals surface area contributed by atoms with Crippen molar-refractivity contribution in [2.45, 2.75) is 18.5 Å². The van der Waals surface area contributed by atoms with E-state index < -0.39 is 36.6 Å². The molecular weight excluding hydrogens is 404 g/mol. The van der Waals surface area contributed by atoms with E-state index in [1.807, 2.05) is 0 Å². The standard InChI is InChI=1S/C17H10F8O3/c18-15(19,16(20,21)22)9-27-13-6-5-10(7-14(13)28-17(23,24)25)12-4-2-1-3-11(12)8-26/h1-8H,9H2. The van der Waals surface area contributed by atoms with Gasteiger partial charge in [0.25, 0.3) is 0 Å². The first-order valence-corrected chi connectivity index (χ1v) is 7.36. The van der Waals surface area contributed by atoms with Gasteiger partial charge in [-0.25, -0.2) is 0 Å². The van der Waals surface area contributed by atoms with E-state index in [0.717, 1.165) is 18.2 Å². The zero-order valence-electron chi connectivity index (χ0n) is 13.6. The number of benzene rings is 2. The van der Waals surface area contributed by atoms with E-state index in [9.17, 15) is 39.9 Å². The molecule has 0 fully saturated rings. The third kappa shape index (κ3) is 5.11. The second kappa shape index (κ2) is 7.64. The largest absolute Gasteiger partial charge is 0.573 e. The Morgan fingerprint density at radius 1 is 0.857 bits per heavy atom. The summed E-state index contributed by atoms with van der Waals surface area (Å²) in [6.45, 7) is -2.24. The predicted molar refractivity (Wildman–Crippen MR) is 80.4 cm³/mol. The van der Waals surface area contributed by atoms with Gasteiger partial charge in [-0.2, -0.15) is 22.0 Å². The first kappa shape index (κ1) is 21.5. The van der Waals surface area contributed by atoms with Crippen molar-refractivity contribution >= 4 is 6.29 Å². The number of hydrogen-bond acceptors (Lipinski definition) is 3. The van der Waals surface area contributed by atoms with Crippen LogP contribution in [0.3, 0.4) is 0 Å². The Hall–Kier alpha value is -2.85. The van der Waals surface area contributed by atoms with Crippen LogP contribution in [-0.2, 0) is 0 Å². The van der Waals surface area contributed by atoms with Crippen LogP contribution in [0.5, 0.6) is 11.5 Å². The molecule has 0 N–H and O–H groups in total. The molecule has 0 unspecified atom stereocenters. The molecule has 0 saturated carbocycles. The summed E-state index contributed by atoms with van der Waals surface area (Å²) in [5.41, 5.74) is 0.325. The monoisotopic (exact) mass is 414 g/mol. The van der Waals surface area contributed by atoms with Crippen molar-refractivity contribution in [2.24, 2.45) is 0 Å². The zero-order chi connectivity index (χ0) is 21.2. The summed E-state index contributed by atoms with van der Waals surface area (Å²) in [6.07, 6.45) is -10.8. The lowest BCUT2D eigenvalue weighted by molar-refractivity contribution is -0.291. The molecule has 0 aliphatic heterocycles. The fourth-order valence-electron chi connectivity index (χ4n) is 2.11. The maximum Gasteiger partial charge on any atom is 0.573 e. The van der Waals surface area contributed by atoms with Gasteiger partial charge in [0.1, 0.15) is 0 Å². The second-order valence-corrected chi connectivity index (χ2v) is 5.41. The molecule has 2 rings (SSSR count). The molecule has 11 heteroatoms.